The molecule has 1 aromatic heterocycles. The molecule has 6 nitrogen and oxygen atoms in total. The summed E-state index contributed by atoms with van der Waals surface area (Å²) in [5.74, 6) is 0.740. The highest BCUT2D eigenvalue weighted by Crippen LogP contribution is 2.18. The number of hydrogen-bond acceptors (Lipinski definition) is 5. The van der Waals surface area contributed by atoms with Crippen LogP contribution in [0.15, 0.2) is 42.7 Å². The topological polar surface area (TPSA) is 81.0 Å². The van der Waals surface area contributed by atoms with Crippen molar-refractivity contribution in [3.05, 3.63) is 64.2 Å². The van der Waals surface area contributed by atoms with Crippen LogP contribution in [0.25, 0.3) is 0 Å². The van der Waals surface area contributed by atoms with Crippen molar-refractivity contribution in [2.75, 3.05) is 6.54 Å². The summed E-state index contributed by atoms with van der Waals surface area (Å²) in [4.78, 5) is 18.9. The van der Waals surface area contributed by atoms with Crippen molar-refractivity contribution < 1.29 is 4.92 Å². The van der Waals surface area contributed by atoms with Crippen molar-refractivity contribution in [3.8, 4) is 0 Å². The van der Waals surface area contributed by atoms with Gasteiger partial charge in [-0.3, -0.25) is 10.1 Å². The van der Waals surface area contributed by atoms with Crippen LogP contribution in [0.5, 0.6) is 0 Å². The van der Waals surface area contributed by atoms with Crippen LogP contribution in [-0.4, -0.2) is 21.4 Å². The molecular formula is C15H18N4O2. The van der Waals surface area contributed by atoms with Gasteiger partial charge in [-0.2, -0.15) is 0 Å². The van der Waals surface area contributed by atoms with Gasteiger partial charge in [0.15, 0.2) is 0 Å². The lowest BCUT2D eigenvalue weighted by atomic mass is 10.0. The van der Waals surface area contributed by atoms with Gasteiger partial charge < -0.3 is 5.32 Å². The quantitative estimate of drug-likeness (QED) is 0.625. The summed E-state index contributed by atoms with van der Waals surface area (Å²) in [7, 11) is 0. The van der Waals surface area contributed by atoms with Gasteiger partial charge in [-0.25, -0.2) is 9.97 Å². The second-order valence-electron chi connectivity index (χ2n) is 4.74. The molecule has 1 heterocycles. The Morgan fingerprint density at radius 2 is 1.90 bits per heavy atom. The van der Waals surface area contributed by atoms with Crippen molar-refractivity contribution >= 4 is 5.69 Å². The molecule has 0 saturated heterocycles. The molecule has 0 spiro atoms. The van der Waals surface area contributed by atoms with Gasteiger partial charge in [0.1, 0.15) is 5.82 Å². The molecule has 1 aromatic carbocycles. The van der Waals surface area contributed by atoms with Gasteiger partial charge in [-0.1, -0.05) is 19.1 Å². The number of rotatable bonds is 7. The Morgan fingerprint density at radius 3 is 2.48 bits per heavy atom. The third-order valence-corrected chi connectivity index (χ3v) is 3.13. The molecule has 6 heteroatoms. The van der Waals surface area contributed by atoms with Gasteiger partial charge in [-0.05, 0) is 31.0 Å². The zero-order chi connectivity index (χ0) is 15.1. The zero-order valence-electron chi connectivity index (χ0n) is 11.9. The van der Waals surface area contributed by atoms with Crippen LogP contribution in [-0.2, 0) is 6.42 Å². The Labute approximate surface area is 123 Å². The molecule has 1 unspecified atom stereocenters. The van der Waals surface area contributed by atoms with Gasteiger partial charge in [0.25, 0.3) is 5.69 Å². The third-order valence-electron chi connectivity index (χ3n) is 3.13. The van der Waals surface area contributed by atoms with Crippen LogP contribution in [0.1, 0.15) is 30.8 Å². The first-order valence-electron chi connectivity index (χ1n) is 6.94. The van der Waals surface area contributed by atoms with Crippen LogP contribution < -0.4 is 5.32 Å². The van der Waals surface area contributed by atoms with Gasteiger partial charge in [0.2, 0.25) is 0 Å². The summed E-state index contributed by atoms with van der Waals surface area (Å²) in [6, 6.07) is 8.40. The fourth-order valence-electron chi connectivity index (χ4n) is 2.05. The molecule has 0 radical (unpaired) electrons. The van der Waals surface area contributed by atoms with Gasteiger partial charge in [0, 0.05) is 24.5 Å². The first kappa shape index (κ1) is 15.1. The Hall–Kier alpha value is -2.34. The van der Waals surface area contributed by atoms with E-state index < -0.39 is 4.92 Å². The number of hydrogen-bond donors (Lipinski definition) is 1. The minimum absolute atomic E-state index is 0.00704. The van der Waals surface area contributed by atoms with Gasteiger partial charge in [-0.15, -0.1) is 0 Å². The molecule has 0 aliphatic carbocycles. The lowest BCUT2D eigenvalue weighted by Crippen LogP contribution is -2.25. The van der Waals surface area contributed by atoms with Crippen molar-refractivity contribution in [1.29, 1.82) is 0 Å². The van der Waals surface area contributed by atoms with Crippen molar-refractivity contribution in [2.45, 2.75) is 25.8 Å². The first-order chi connectivity index (χ1) is 10.2. The SMILES string of the molecule is CCCNC(Cc1ccc([N+](=O)[O-])cc1)c1ncccn1. The van der Waals surface area contributed by atoms with E-state index in [2.05, 4.69) is 22.2 Å². The molecular weight excluding hydrogens is 268 g/mol. The minimum atomic E-state index is -0.392. The van der Waals surface area contributed by atoms with Crippen LogP contribution in [0, 0.1) is 10.1 Å². The van der Waals surface area contributed by atoms with E-state index in [0.29, 0.717) is 6.42 Å². The van der Waals surface area contributed by atoms with Crippen LogP contribution in [0.4, 0.5) is 5.69 Å². The van der Waals surface area contributed by atoms with Crippen LogP contribution in [0.2, 0.25) is 0 Å². The molecule has 110 valence electrons. The summed E-state index contributed by atoms with van der Waals surface area (Å²) in [5.41, 5.74) is 1.12. The number of benzene rings is 1. The van der Waals surface area contributed by atoms with Crippen molar-refractivity contribution in [3.63, 3.8) is 0 Å². The van der Waals surface area contributed by atoms with E-state index in [-0.39, 0.29) is 11.7 Å². The maximum atomic E-state index is 10.7. The summed E-state index contributed by atoms with van der Waals surface area (Å²) in [6.07, 6.45) is 5.16. The monoisotopic (exact) mass is 286 g/mol. The fraction of sp³-hybridized carbons (Fsp3) is 0.333. The number of non-ortho nitro benzene ring substituents is 1. The van der Waals surface area contributed by atoms with E-state index in [0.717, 1.165) is 24.4 Å². The molecule has 21 heavy (non-hydrogen) atoms. The number of nitro benzene ring substituents is 1. The van der Waals surface area contributed by atoms with Crippen LogP contribution >= 0.6 is 0 Å². The number of nitrogens with one attached hydrogen (secondary N) is 1. The third kappa shape index (κ3) is 4.32. The number of nitro groups is 1. The molecule has 0 aliphatic heterocycles. The van der Waals surface area contributed by atoms with Gasteiger partial charge in [0.05, 0.1) is 11.0 Å². The predicted molar refractivity (Wildman–Crippen MR) is 79.9 cm³/mol. The predicted octanol–water partition coefficient (Wildman–Crippen LogP) is 2.67. The van der Waals surface area contributed by atoms with E-state index in [1.807, 2.05) is 0 Å². The molecule has 1 atom stereocenters. The highest BCUT2D eigenvalue weighted by atomic mass is 16.6. The molecule has 0 saturated carbocycles. The largest absolute Gasteiger partial charge is 0.307 e. The van der Waals surface area contributed by atoms with E-state index in [4.69, 9.17) is 0 Å². The van der Waals surface area contributed by atoms with Gasteiger partial charge >= 0.3 is 0 Å². The molecule has 2 aromatic rings. The second kappa shape index (κ2) is 7.44. The standard InChI is InChI=1S/C15H18N4O2/c1-2-8-16-14(15-17-9-3-10-18-15)11-12-4-6-13(7-5-12)19(20)21/h3-7,9-10,14,16H,2,8,11H2,1H3. The Bertz CT molecular complexity index is 572. The molecule has 0 fully saturated rings. The minimum Gasteiger partial charge on any atom is -0.307 e. The molecule has 2 rings (SSSR count). The highest BCUT2D eigenvalue weighted by molar-refractivity contribution is 5.33. The van der Waals surface area contributed by atoms with Crippen molar-refractivity contribution in [1.82, 2.24) is 15.3 Å². The second-order valence-corrected chi connectivity index (χ2v) is 4.74. The lowest BCUT2D eigenvalue weighted by molar-refractivity contribution is -0.384. The Balaban J connectivity index is 2.12. The molecule has 0 bridgehead atoms. The maximum Gasteiger partial charge on any atom is 0.269 e. The summed E-state index contributed by atoms with van der Waals surface area (Å²) >= 11 is 0. The van der Waals surface area contributed by atoms with E-state index in [9.17, 15) is 10.1 Å². The van der Waals surface area contributed by atoms with Crippen molar-refractivity contribution in [2.24, 2.45) is 0 Å². The van der Waals surface area contributed by atoms with E-state index in [1.165, 1.54) is 12.1 Å². The first-order valence-corrected chi connectivity index (χ1v) is 6.94. The van der Waals surface area contributed by atoms with E-state index >= 15 is 0 Å². The Morgan fingerprint density at radius 1 is 1.24 bits per heavy atom. The smallest absolute Gasteiger partial charge is 0.269 e. The normalized spacial score (nSPS) is 12.0. The average molecular weight is 286 g/mol. The lowest BCUT2D eigenvalue weighted by Gasteiger charge is -2.17. The summed E-state index contributed by atoms with van der Waals surface area (Å²) in [6.45, 7) is 2.97. The zero-order valence-corrected chi connectivity index (χ0v) is 11.9. The fourth-order valence-corrected chi connectivity index (χ4v) is 2.05. The maximum absolute atomic E-state index is 10.7. The number of nitrogens with zero attached hydrogens (tertiary/aromatic N) is 3. The summed E-state index contributed by atoms with van der Waals surface area (Å²) < 4.78 is 0. The molecule has 0 amide bonds. The summed E-state index contributed by atoms with van der Waals surface area (Å²) in [5, 5.41) is 14.1. The van der Waals surface area contributed by atoms with E-state index in [1.54, 1.807) is 30.6 Å². The highest BCUT2D eigenvalue weighted by Gasteiger charge is 2.14. The number of aromatic nitrogens is 2. The average Bonchev–Trinajstić information content (AvgIpc) is 2.52. The molecule has 1 N–H and O–H groups in total. The molecule has 0 aliphatic rings. The van der Waals surface area contributed by atoms with Crippen LogP contribution in [0.3, 0.4) is 0 Å². The Kier molecular flexibility index (Phi) is 5.34.